The molecule has 0 bridgehead atoms. The molecule has 1 N–H and O–H groups in total. The first-order valence-corrected chi connectivity index (χ1v) is 7.85. The van der Waals surface area contributed by atoms with Crippen LogP contribution in [0.2, 0.25) is 5.02 Å². The van der Waals surface area contributed by atoms with Crippen LogP contribution >= 0.6 is 11.6 Å². The Morgan fingerprint density at radius 3 is 2.65 bits per heavy atom. The molecule has 0 saturated carbocycles. The summed E-state index contributed by atoms with van der Waals surface area (Å²) in [6, 6.07) is 0.293. The lowest BCUT2D eigenvalue weighted by atomic mass is 10.1. The Hall–Kier alpha value is -1.03. The molecule has 0 aliphatic rings. The summed E-state index contributed by atoms with van der Waals surface area (Å²) in [6.07, 6.45) is 6.34. The third-order valence-electron chi connectivity index (χ3n) is 3.17. The van der Waals surface area contributed by atoms with E-state index in [2.05, 4.69) is 24.3 Å². The number of nitrogens with zero attached hydrogens (tertiary/aromatic N) is 2. The van der Waals surface area contributed by atoms with Crippen molar-refractivity contribution in [1.82, 2.24) is 9.78 Å². The minimum Gasteiger partial charge on any atom is -0.380 e. The van der Waals surface area contributed by atoms with Gasteiger partial charge in [-0.2, -0.15) is 5.10 Å². The van der Waals surface area contributed by atoms with Crippen LogP contribution in [0, 0.1) is 5.92 Å². The lowest BCUT2D eigenvalue weighted by Gasteiger charge is -2.16. The first-order chi connectivity index (χ1) is 9.45. The SMILES string of the molecule is CCCCCC(C)Nc1cnn(CC(C)C)c(=O)c1Cl. The predicted molar refractivity (Wildman–Crippen MR) is 85.6 cm³/mol. The molecule has 0 saturated heterocycles. The smallest absolute Gasteiger partial charge is 0.287 e. The summed E-state index contributed by atoms with van der Waals surface area (Å²) in [5.41, 5.74) is 0.423. The Morgan fingerprint density at radius 2 is 2.05 bits per heavy atom. The van der Waals surface area contributed by atoms with Crippen molar-refractivity contribution in [2.45, 2.75) is 66.0 Å². The summed E-state index contributed by atoms with van der Waals surface area (Å²) < 4.78 is 1.43. The summed E-state index contributed by atoms with van der Waals surface area (Å²) in [5, 5.41) is 7.71. The second-order valence-electron chi connectivity index (χ2n) is 5.79. The normalized spacial score (nSPS) is 12.7. The molecular formula is C15H26ClN3O. The fraction of sp³-hybridized carbons (Fsp3) is 0.733. The van der Waals surface area contributed by atoms with Crippen LogP contribution in [-0.4, -0.2) is 15.8 Å². The van der Waals surface area contributed by atoms with Gasteiger partial charge in [0.2, 0.25) is 0 Å². The van der Waals surface area contributed by atoms with Gasteiger partial charge in [-0.05, 0) is 19.3 Å². The van der Waals surface area contributed by atoms with E-state index in [9.17, 15) is 4.79 Å². The van der Waals surface area contributed by atoms with Crippen LogP contribution in [0.1, 0.15) is 53.4 Å². The van der Waals surface area contributed by atoms with Gasteiger partial charge in [0.25, 0.3) is 5.56 Å². The molecule has 0 aliphatic carbocycles. The van der Waals surface area contributed by atoms with E-state index < -0.39 is 0 Å². The van der Waals surface area contributed by atoms with Crippen LogP contribution in [-0.2, 0) is 6.54 Å². The van der Waals surface area contributed by atoms with Gasteiger partial charge < -0.3 is 5.32 Å². The zero-order chi connectivity index (χ0) is 15.1. The van der Waals surface area contributed by atoms with Gasteiger partial charge in [-0.1, -0.05) is 51.6 Å². The van der Waals surface area contributed by atoms with Crippen LogP contribution < -0.4 is 10.9 Å². The number of halogens is 1. The van der Waals surface area contributed by atoms with Crippen molar-refractivity contribution in [2.75, 3.05) is 5.32 Å². The maximum absolute atomic E-state index is 12.1. The first-order valence-electron chi connectivity index (χ1n) is 7.47. The Morgan fingerprint density at radius 1 is 1.35 bits per heavy atom. The highest BCUT2D eigenvalue weighted by Crippen LogP contribution is 2.18. The van der Waals surface area contributed by atoms with Crippen LogP contribution in [0.3, 0.4) is 0 Å². The molecule has 1 atom stereocenters. The molecule has 1 heterocycles. The largest absolute Gasteiger partial charge is 0.380 e. The minimum absolute atomic E-state index is 0.217. The van der Waals surface area contributed by atoms with Crippen molar-refractivity contribution in [3.8, 4) is 0 Å². The number of anilines is 1. The topological polar surface area (TPSA) is 46.9 Å². The molecule has 20 heavy (non-hydrogen) atoms. The van der Waals surface area contributed by atoms with E-state index in [0.717, 1.165) is 6.42 Å². The van der Waals surface area contributed by atoms with Gasteiger partial charge in [-0.15, -0.1) is 0 Å². The van der Waals surface area contributed by atoms with Gasteiger partial charge in [0.1, 0.15) is 5.02 Å². The van der Waals surface area contributed by atoms with Gasteiger partial charge >= 0.3 is 0 Å². The van der Waals surface area contributed by atoms with E-state index in [1.807, 2.05) is 13.8 Å². The molecule has 1 unspecified atom stereocenters. The fourth-order valence-electron chi connectivity index (χ4n) is 2.08. The molecule has 0 radical (unpaired) electrons. The molecule has 0 aromatic carbocycles. The number of unbranched alkanes of at least 4 members (excludes halogenated alkanes) is 2. The molecular weight excluding hydrogens is 274 g/mol. The Balaban J connectivity index is 2.72. The molecule has 5 heteroatoms. The van der Waals surface area contributed by atoms with Crippen LogP contribution in [0.5, 0.6) is 0 Å². The number of rotatable bonds is 8. The molecule has 1 aromatic rings. The molecule has 0 aliphatic heterocycles. The lowest BCUT2D eigenvalue weighted by Crippen LogP contribution is -2.27. The van der Waals surface area contributed by atoms with Crippen molar-refractivity contribution in [3.63, 3.8) is 0 Å². The molecule has 0 fully saturated rings. The van der Waals surface area contributed by atoms with Crippen molar-refractivity contribution in [1.29, 1.82) is 0 Å². The summed E-state index contributed by atoms with van der Waals surface area (Å²) in [4.78, 5) is 12.1. The quantitative estimate of drug-likeness (QED) is 0.740. The number of aromatic nitrogens is 2. The Labute approximate surface area is 126 Å². The van der Waals surface area contributed by atoms with Gasteiger partial charge in [0.15, 0.2) is 0 Å². The minimum atomic E-state index is -0.217. The number of hydrogen-bond acceptors (Lipinski definition) is 3. The molecule has 114 valence electrons. The second-order valence-corrected chi connectivity index (χ2v) is 6.17. The molecule has 0 amide bonds. The van der Waals surface area contributed by atoms with Crippen LogP contribution in [0.25, 0.3) is 0 Å². The summed E-state index contributed by atoms with van der Waals surface area (Å²) in [5.74, 6) is 0.364. The van der Waals surface area contributed by atoms with E-state index in [4.69, 9.17) is 11.6 Å². The molecule has 1 aromatic heterocycles. The third-order valence-corrected chi connectivity index (χ3v) is 3.53. The van der Waals surface area contributed by atoms with E-state index >= 15 is 0 Å². The molecule has 4 nitrogen and oxygen atoms in total. The van der Waals surface area contributed by atoms with Crippen molar-refractivity contribution in [3.05, 3.63) is 21.6 Å². The first kappa shape index (κ1) is 17.0. The fourth-order valence-corrected chi connectivity index (χ4v) is 2.28. The average Bonchev–Trinajstić information content (AvgIpc) is 2.38. The van der Waals surface area contributed by atoms with Crippen molar-refractivity contribution in [2.24, 2.45) is 5.92 Å². The number of hydrogen-bond donors (Lipinski definition) is 1. The summed E-state index contributed by atoms with van der Waals surface area (Å²) >= 11 is 6.15. The standard InChI is InChI=1S/C15H26ClN3O/c1-5-6-7-8-12(4)18-13-9-17-19(10-11(2)3)15(20)14(13)16/h9,11-12,18H,5-8,10H2,1-4H3. The van der Waals surface area contributed by atoms with E-state index in [1.165, 1.54) is 23.9 Å². The highest BCUT2D eigenvalue weighted by Gasteiger charge is 2.12. The Kier molecular flexibility index (Phi) is 7.06. The predicted octanol–water partition coefficient (Wildman–Crippen LogP) is 3.93. The zero-order valence-corrected chi connectivity index (χ0v) is 13.7. The van der Waals surface area contributed by atoms with Crippen LogP contribution in [0.4, 0.5) is 5.69 Å². The van der Waals surface area contributed by atoms with E-state index in [0.29, 0.717) is 24.2 Å². The van der Waals surface area contributed by atoms with Gasteiger partial charge in [0.05, 0.1) is 11.9 Å². The summed E-state index contributed by atoms with van der Waals surface area (Å²) in [7, 11) is 0. The van der Waals surface area contributed by atoms with Crippen LogP contribution in [0.15, 0.2) is 11.0 Å². The monoisotopic (exact) mass is 299 g/mol. The van der Waals surface area contributed by atoms with Gasteiger partial charge in [0, 0.05) is 12.6 Å². The highest BCUT2D eigenvalue weighted by atomic mass is 35.5. The maximum Gasteiger partial charge on any atom is 0.287 e. The van der Waals surface area contributed by atoms with E-state index in [-0.39, 0.29) is 10.6 Å². The average molecular weight is 300 g/mol. The van der Waals surface area contributed by atoms with Crippen molar-refractivity contribution >= 4 is 17.3 Å². The lowest BCUT2D eigenvalue weighted by molar-refractivity contribution is 0.464. The molecule has 1 rings (SSSR count). The maximum atomic E-state index is 12.1. The third kappa shape index (κ3) is 5.16. The second kappa shape index (κ2) is 8.30. The number of nitrogens with one attached hydrogen (secondary N) is 1. The van der Waals surface area contributed by atoms with E-state index in [1.54, 1.807) is 6.20 Å². The van der Waals surface area contributed by atoms with Crippen molar-refractivity contribution < 1.29 is 0 Å². The Bertz CT molecular complexity index is 471. The van der Waals surface area contributed by atoms with Gasteiger partial charge in [-0.25, -0.2) is 4.68 Å². The van der Waals surface area contributed by atoms with Gasteiger partial charge in [-0.3, -0.25) is 4.79 Å². The summed E-state index contributed by atoms with van der Waals surface area (Å²) in [6.45, 7) is 8.97. The zero-order valence-electron chi connectivity index (χ0n) is 12.9. The highest BCUT2D eigenvalue weighted by molar-refractivity contribution is 6.32. The molecule has 0 spiro atoms.